The molecule has 0 saturated heterocycles. The molecule has 0 saturated carbocycles. The summed E-state index contributed by atoms with van der Waals surface area (Å²) < 4.78 is 1.66. The van der Waals surface area contributed by atoms with Crippen LogP contribution in [0.4, 0.5) is 5.69 Å². The fourth-order valence-corrected chi connectivity index (χ4v) is 3.81. The standard InChI is InChI=1S/C21H26N4O2S/c1-5-15-6-8-16(9-7-15)23-18(26)12-28-21-24-17-10-14(4)22-19(17)20(27)25(21)11-13(2)3/h6-10,13,22H,5,11-12H2,1-4H3,(H,23,26). The van der Waals surface area contributed by atoms with Crippen molar-refractivity contribution < 1.29 is 4.79 Å². The Kier molecular flexibility index (Phi) is 6.24. The smallest absolute Gasteiger partial charge is 0.278 e. The van der Waals surface area contributed by atoms with Crippen LogP contribution in [0.3, 0.4) is 0 Å². The van der Waals surface area contributed by atoms with Crippen molar-refractivity contribution in [1.29, 1.82) is 0 Å². The first-order valence-electron chi connectivity index (χ1n) is 9.49. The lowest BCUT2D eigenvalue weighted by molar-refractivity contribution is -0.113. The number of hydrogen-bond donors (Lipinski definition) is 2. The first kappa shape index (κ1) is 20.2. The number of fused-ring (bicyclic) bond motifs is 1. The maximum Gasteiger partial charge on any atom is 0.278 e. The van der Waals surface area contributed by atoms with E-state index in [0.29, 0.717) is 28.7 Å². The molecule has 1 amide bonds. The number of rotatable bonds is 7. The highest BCUT2D eigenvalue weighted by Gasteiger charge is 2.15. The van der Waals surface area contributed by atoms with Crippen LogP contribution in [0, 0.1) is 12.8 Å². The number of aromatic nitrogens is 3. The molecule has 0 aliphatic rings. The van der Waals surface area contributed by atoms with Crippen molar-refractivity contribution in [3.63, 3.8) is 0 Å². The summed E-state index contributed by atoms with van der Waals surface area (Å²) in [6.07, 6.45) is 0.963. The average molecular weight is 399 g/mol. The van der Waals surface area contributed by atoms with Gasteiger partial charge >= 0.3 is 0 Å². The van der Waals surface area contributed by atoms with Crippen LogP contribution in [0.15, 0.2) is 40.3 Å². The maximum atomic E-state index is 12.9. The minimum absolute atomic E-state index is 0.0927. The molecule has 0 aliphatic heterocycles. The predicted octanol–water partition coefficient (Wildman–Crippen LogP) is 3.98. The fourth-order valence-electron chi connectivity index (χ4n) is 3.00. The molecule has 0 spiro atoms. The minimum atomic E-state index is -0.120. The van der Waals surface area contributed by atoms with Gasteiger partial charge in [-0.25, -0.2) is 4.98 Å². The van der Waals surface area contributed by atoms with E-state index in [1.54, 1.807) is 4.57 Å². The van der Waals surface area contributed by atoms with E-state index in [1.165, 1.54) is 17.3 Å². The Bertz CT molecular complexity index is 1030. The molecular formula is C21H26N4O2S. The molecule has 6 nitrogen and oxygen atoms in total. The Hall–Kier alpha value is -2.54. The molecule has 0 aliphatic carbocycles. The van der Waals surface area contributed by atoms with Gasteiger partial charge in [0.2, 0.25) is 5.91 Å². The number of amides is 1. The first-order chi connectivity index (χ1) is 13.4. The van der Waals surface area contributed by atoms with Gasteiger partial charge in [0.1, 0.15) is 5.52 Å². The molecule has 148 valence electrons. The van der Waals surface area contributed by atoms with E-state index in [2.05, 4.69) is 36.1 Å². The van der Waals surface area contributed by atoms with Crippen molar-refractivity contribution in [3.8, 4) is 0 Å². The second kappa shape index (κ2) is 8.65. The SMILES string of the molecule is CCc1ccc(NC(=O)CSc2nc3cc(C)[nH]c3c(=O)n2CC(C)C)cc1. The van der Waals surface area contributed by atoms with Gasteiger partial charge in [0.15, 0.2) is 5.16 Å². The lowest BCUT2D eigenvalue weighted by Gasteiger charge is -2.14. The molecule has 0 bridgehead atoms. The summed E-state index contributed by atoms with van der Waals surface area (Å²) in [4.78, 5) is 33.0. The second-order valence-electron chi connectivity index (χ2n) is 7.30. The van der Waals surface area contributed by atoms with Crippen molar-refractivity contribution >= 4 is 34.4 Å². The number of anilines is 1. The van der Waals surface area contributed by atoms with Crippen LogP contribution in [0.25, 0.3) is 11.0 Å². The Morgan fingerprint density at radius 3 is 2.64 bits per heavy atom. The van der Waals surface area contributed by atoms with Crippen molar-refractivity contribution in [2.45, 2.75) is 45.8 Å². The van der Waals surface area contributed by atoms with Crippen LogP contribution in [0.1, 0.15) is 32.0 Å². The number of nitrogens with one attached hydrogen (secondary N) is 2. The molecule has 0 fully saturated rings. The van der Waals surface area contributed by atoms with Crippen molar-refractivity contribution in [2.24, 2.45) is 5.92 Å². The summed E-state index contributed by atoms with van der Waals surface area (Å²) in [5.74, 6) is 0.359. The average Bonchev–Trinajstić information content (AvgIpc) is 3.03. The number of nitrogens with zero attached hydrogens (tertiary/aromatic N) is 2. The number of aromatic amines is 1. The van der Waals surface area contributed by atoms with Gasteiger partial charge in [0, 0.05) is 17.9 Å². The Labute approximate surface area is 168 Å². The molecule has 3 rings (SSSR count). The van der Waals surface area contributed by atoms with E-state index in [-0.39, 0.29) is 17.2 Å². The highest BCUT2D eigenvalue weighted by atomic mass is 32.2. The number of benzene rings is 1. The summed E-state index contributed by atoms with van der Waals surface area (Å²) in [7, 11) is 0. The molecule has 1 aromatic carbocycles. The van der Waals surface area contributed by atoms with Gasteiger partial charge in [-0.3, -0.25) is 14.2 Å². The molecule has 3 aromatic rings. The molecule has 2 aromatic heterocycles. The monoisotopic (exact) mass is 398 g/mol. The molecule has 0 radical (unpaired) electrons. The van der Waals surface area contributed by atoms with Gasteiger partial charge in [0.25, 0.3) is 5.56 Å². The van der Waals surface area contributed by atoms with Crippen molar-refractivity contribution in [1.82, 2.24) is 14.5 Å². The molecule has 2 heterocycles. The third-order valence-electron chi connectivity index (χ3n) is 4.36. The predicted molar refractivity (Wildman–Crippen MR) is 115 cm³/mol. The van der Waals surface area contributed by atoms with Gasteiger partial charge < -0.3 is 10.3 Å². The Morgan fingerprint density at radius 2 is 2.00 bits per heavy atom. The molecule has 7 heteroatoms. The largest absolute Gasteiger partial charge is 0.353 e. The van der Waals surface area contributed by atoms with E-state index >= 15 is 0 Å². The lowest BCUT2D eigenvalue weighted by atomic mass is 10.1. The number of carbonyl (C=O) groups excluding carboxylic acids is 1. The van der Waals surface area contributed by atoms with E-state index in [1.807, 2.05) is 37.3 Å². The van der Waals surface area contributed by atoms with Gasteiger partial charge in [-0.15, -0.1) is 0 Å². The molecular weight excluding hydrogens is 372 g/mol. The number of carbonyl (C=O) groups is 1. The zero-order chi connectivity index (χ0) is 20.3. The minimum Gasteiger partial charge on any atom is -0.353 e. The van der Waals surface area contributed by atoms with E-state index in [9.17, 15) is 9.59 Å². The van der Waals surface area contributed by atoms with Crippen molar-refractivity contribution in [3.05, 3.63) is 51.9 Å². The van der Waals surface area contributed by atoms with Crippen LogP contribution in [-0.2, 0) is 17.8 Å². The lowest BCUT2D eigenvalue weighted by Crippen LogP contribution is -2.26. The quantitative estimate of drug-likeness (QED) is 0.466. The van der Waals surface area contributed by atoms with Gasteiger partial charge in [-0.2, -0.15) is 0 Å². The van der Waals surface area contributed by atoms with Crippen molar-refractivity contribution in [2.75, 3.05) is 11.1 Å². The normalized spacial score (nSPS) is 11.3. The van der Waals surface area contributed by atoms with E-state index in [0.717, 1.165) is 17.8 Å². The third kappa shape index (κ3) is 4.65. The summed E-state index contributed by atoms with van der Waals surface area (Å²) >= 11 is 1.29. The fraction of sp³-hybridized carbons (Fsp3) is 0.381. The molecule has 0 atom stereocenters. The second-order valence-corrected chi connectivity index (χ2v) is 8.25. The van der Waals surface area contributed by atoms with Crippen LogP contribution < -0.4 is 10.9 Å². The number of thioether (sulfide) groups is 1. The topological polar surface area (TPSA) is 79.8 Å². The van der Waals surface area contributed by atoms with Crippen LogP contribution >= 0.6 is 11.8 Å². The van der Waals surface area contributed by atoms with Crippen LogP contribution in [0.5, 0.6) is 0 Å². The van der Waals surface area contributed by atoms with E-state index < -0.39 is 0 Å². The van der Waals surface area contributed by atoms with Gasteiger partial charge in [-0.05, 0) is 43.0 Å². The van der Waals surface area contributed by atoms with E-state index in [4.69, 9.17) is 0 Å². The maximum absolute atomic E-state index is 12.9. The highest BCUT2D eigenvalue weighted by Crippen LogP contribution is 2.20. The summed E-state index contributed by atoms with van der Waals surface area (Å²) in [6.45, 7) is 8.66. The van der Waals surface area contributed by atoms with Crippen LogP contribution in [0.2, 0.25) is 0 Å². The highest BCUT2D eigenvalue weighted by molar-refractivity contribution is 7.99. The first-order valence-corrected chi connectivity index (χ1v) is 10.5. The van der Waals surface area contributed by atoms with Gasteiger partial charge in [0.05, 0.1) is 11.3 Å². The number of H-pyrrole nitrogens is 1. The summed E-state index contributed by atoms with van der Waals surface area (Å²) in [5.41, 5.74) is 3.95. The Morgan fingerprint density at radius 1 is 1.29 bits per heavy atom. The number of hydrogen-bond acceptors (Lipinski definition) is 4. The Balaban J connectivity index is 1.78. The molecule has 0 unspecified atom stereocenters. The van der Waals surface area contributed by atoms with Crippen LogP contribution in [-0.4, -0.2) is 26.2 Å². The zero-order valence-corrected chi connectivity index (χ0v) is 17.5. The summed E-state index contributed by atoms with van der Waals surface area (Å²) in [6, 6.07) is 9.68. The number of aryl methyl sites for hydroxylation is 2. The van der Waals surface area contributed by atoms with Gasteiger partial charge in [-0.1, -0.05) is 44.7 Å². The summed E-state index contributed by atoms with van der Waals surface area (Å²) in [5, 5.41) is 3.47. The molecule has 2 N–H and O–H groups in total. The molecule has 28 heavy (non-hydrogen) atoms. The third-order valence-corrected chi connectivity index (χ3v) is 5.34. The zero-order valence-electron chi connectivity index (χ0n) is 16.7.